The Labute approximate surface area is 156 Å². The average molecular weight is 404 g/mol. The fraction of sp³-hybridized carbons (Fsp3) is 0.263. The molecule has 0 aliphatic heterocycles. The normalized spacial score (nSPS) is 11.8. The van der Waals surface area contributed by atoms with Gasteiger partial charge in [0.25, 0.3) is 5.91 Å². The van der Waals surface area contributed by atoms with Crippen molar-refractivity contribution in [3.05, 3.63) is 70.2 Å². The van der Waals surface area contributed by atoms with E-state index in [2.05, 4.69) is 31.5 Å². The maximum absolute atomic E-state index is 12.0. The molecule has 0 aromatic heterocycles. The van der Waals surface area contributed by atoms with Gasteiger partial charge in [-0.3, -0.25) is 9.59 Å². The van der Waals surface area contributed by atoms with E-state index in [1.165, 1.54) is 0 Å². The minimum atomic E-state index is -0.269. The number of rotatable bonds is 7. The highest BCUT2D eigenvalue weighted by molar-refractivity contribution is 9.10. The summed E-state index contributed by atoms with van der Waals surface area (Å²) in [6.07, 6.45) is 0. The van der Waals surface area contributed by atoms with Crippen LogP contribution in [-0.4, -0.2) is 43.9 Å². The number of nitrogens with one attached hydrogen (secondary N) is 2. The van der Waals surface area contributed by atoms with E-state index in [4.69, 9.17) is 0 Å². The molecule has 0 spiro atoms. The van der Waals surface area contributed by atoms with Gasteiger partial charge < -0.3 is 15.5 Å². The number of amides is 2. The Hall–Kier alpha value is -2.18. The minimum absolute atomic E-state index is 0.0518. The van der Waals surface area contributed by atoms with Crippen LogP contribution in [0.25, 0.3) is 0 Å². The number of carbonyl (C=O) groups is 2. The van der Waals surface area contributed by atoms with Gasteiger partial charge in [0.2, 0.25) is 5.91 Å². The van der Waals surface area contributed by atoms with Crippen molar-refractivity contribution in [1.29, 1.82) is 0 Å². The summed E-state index contributed by atoms with van der Waals surface area (Å²) in [6.45, 7) is 0.424. The van der Waals surface area contributed by atoms with Gasteiger partial charge in [0, 0.05) is 16.6 Å². The summed E-state index contributed by atoms with van der Waals surface area (Å²) in [4.78, 5) is 26.1. The van der Waals surface area contributed by atoms with Crippen molar-refractivity contribution >= 4 is 27.7 Å². The van der Waals surface area contributed by atoms with E-state index in [-0.39, 0.29) is 24.4 Å². The molecule has 2 aromatic carbocycles. The molecular formula is C19H22BrN3O2. The van der Waals surface area contributed by atoms with Gasteiger partial charge in [0.05, 0.1) is 12.6 Å². The third-order valence-electron chi connectivity index (χ3n) is 3.82. The van der Waals surface area contributed by atoms with E-state index in [9.17, 15) is 9.59 Å². The first-order valence-corrected chi connectivity index (χ1v) is 8.78. The number of benzene rings is 2. The summed E-state index contributed by atoms with van der Waals surface area (Å²) in [5, 5.41) is 5.51. The molecule has 2 N–H and O–H groups in total. The van der Waals surface area contributed by atoms with Gasteiger partial charge in [-0.15, -0.1) is 0 Å². The van der Waals surface area contributed by atoms with Gasteiger partial charge in [0.15, 0.2) is 0 Å². The Bertz CT molecular complexity index is 702. The summed E-state index contributed by atoms with van der Waals surface area (Å²) >= 11 is 3.32. The maximum Gasteiger partial charge on any atom is 0.251 e. The molecule has 0 bridgehead atoms. The Morgan fingerprint density at radius 1 is 1.00 bits per heavy atom. The molecule has 0 fully saturated rings. The Morgan fingerprint density at radius 3 is 2.24 bits per heavy atom. The van der Waals surface area contributed by atoms with Crippen LogP contribution in [0.15, 0.2) is 59.1 Å². The number of hydrogen-bond acceptors (Lipinski definition) is 3. The zero-order valence-corrected chi connectivity index (χ0v) is 15.9. The second-order valence-corrected chi connectivity index (χ2v) is 6.80. The van der Waals surface area contributed by atoms with Gasteiger partial charge in [-0.05, 0) is 43.9 Å². The molecule has 0 saturated heterocycles. The molecule has 5 nitrogen and oxygen atoms in total. The van der Waals surface area contributed by atoms with Crippen LogP contribution in [0, 0.1) is 0 Å². The molecule has 0 unspecified atom stereocenters. The van der Waals surface area contributed by atoms with Gasteiger partial charge in [-0.25, -0.2) is 0 Å². The first-order chi connectivity index (χ1) is 12.0. The van der Waals surface area contributed by atoms with Crippen LogP contribution >= 0.6 is 15.9 Å². The minimum Gasteiger partial charge on any atom is -0.353 e. The first-order valence-electron chi connectivity index (χ1n) is 7.99. The molecule has 6 heteroatoms. The van der Waals surface area contributed by atoms with Crippen LogP contribution in [0.5, 0.6) is 0 Å². The lowest BCUT2D eigenvalue weighted by Crippen LogP contribution is -2.40. The highest BCUT2D eigenvalue weighted by Crippen LogP contribution is 2.16. The molecule has 0 aliphatic rings. The van der Waals surface area contributed by atoms with E-state index >= 15 is 0 Å². The largest absolute Gasteiger partial charge is 0.353 e. The van der Waals surface area contributed by atoms with Crippen LogP contribution in [0.2, 0.25) is 0 Å². The lowest BCUT2D eigenvalue weighted by molar-refractivity contribution is -0.120. The van der Waals surface area contributed by atoms with E-state index < -0.39 is 0 Å². The highest BCUT2D eigenvalue weighted by atomic mass is 79.9. The number of carbonyl (C=O) groups excluding carboxylic acids is 2. The Morgan fingerprint density at radius 2 is 1.64 bits per heavy atom. The Kier molecular flexibility index (Phi) is 7.16. The van der Waals surface area contributed by atoms with Gasteiger partial charge in [0.1, 0.15) is 0 Å². The molecule has 0 aliphatic carbocycles. The maximum atomic E-state index is 12.0. The molecule has 2 amide bonds. The van der Waals surface area contributed by atoms with E-state index in [0.29, 0.717) is 12.1 Å². The summed E-state index contributed by atoms with van der Waals surface area (Å²) < 4.78 is 0.900. The van der Waals surface area contributed by atoms with Crippen LogP contribution in [0.1, 0.15) is 22.0 Å². The zero-order chi connectivity index (χ0) is 18.2. The van der Waals surface area contributed by atoms with Gasteiger partial charge in [-0.2, -0.15) is 0 Å². The van der Waals surface area contributed by atoms with Crippen molar-refractivity contribution in [2.45, 2.75) is 6.04 Å². The van der Waals surface area contributed by atoms with E-state index in [1.807, 2.05) is 44.4 Å². The summed E-state index contributed by atoms with van der Waals surface area (Å²) in [7, 11) is 3.94. The summed E-state index contributed by atoms with van der Waals surface area (Å²) in [6, 6.07) is 17.0. The van der Waals surface area contributed by atoms with Crippen molar-refractivity contribution < 1.29 is 9.59 Å². The fourth-order valence-electron chi connectivity index (χ4n) is 2.41. The second-order valence-electron chi connectivity index (χ2n) is 5.88. The lowest BCUT2D eigenvalue weighted by atomic mass is 10.1. The topological polar surface area (TPSA) is 61.4 Å². The molecule has 25 heavy (non-hydrogen) atoms. The molecule has 0 radical (unpaired) electrons. The molecule has 2 rings (SSSR count). The quantitative estimate of drug-likeness (QED) is 0.746. The van der Waals surface area contributed by atoms with Crippen molar-refractivity contribution in [2.24, 2.45) is 0 Å². The predicted octanol–water partition coefficient (Wildman–Crippen LogP) is 2.60. The number of hydrogen-bond donors (Lipinski definition) is 2. The standard InChI is InChI=1S/C19H22BrN3O2/c1-23(2)17(14-6-4-3-5-7-14)12-21-18(24)13-22-19(25)15-8-10-16(20)11-9-15/h3-11,17H,12-13H2,1-2H3,(H,21,24)(H,22,25)/t17-/m1/s1. The number of nitrogens with zero attached hydrogens (tertiary/aromatic N) is 1. The zero-order valence-electron chi connectivity index (χ0n) is 14.3. The van der Waals surface area contributed by atoms with Crippen LogP contribution < -0.4 is 10.6 Å². The number of likely N-dealkylation sites (N-methyl/N-ethyl adjacent to an activating group) is 1. The average Bonchev–Trinajstić information content (AvgIpc) is 2.61. The van der Waals surface area contributed by atoms with Crippen LogP contribution in [0.4, 0.5) is 0 Å². The Balaban J connectivity index is 1.83. The number of halogens is 1. The highest BCUT2D eigenvalue weighted by Gasteiger charge is 2.15. The molecule has 0 saturated carbocycles. The SMILES string of the molecule is CN(C)[C@H](CNC(=O)CNC(=O)c1ccc(Br)cc1)c1ccccc1. The fourth-order valence-corrected chi connectivity index (χ4v) is 2.67. The van der Waals surface area contributed by atoms with Crippen molar-refractivity contribution in [3.63, 3.8) is 0 Å². The van der Waals surface area contributed by atoms with Crippen LogP contribution in [0.3, 0.4) is 0 Å². The summed E-state index contributed by atoms with van der Waals surface area (Å²) in [5.74, 6) is -0.483. The molecule has 0 heterocycles. The predicted molar refractivity (Wildman–Crippen MR) is 102 cm³/mol. The molecule has 1 atom stereocenters. The molecular weight excluding hydrogens is 382 g/mol. The third-order valence-corrected chi connectivity index (χ3v) is 4.34. The first kappa shape index (κ1) is 19.1. The lowest BCUT2D eigenvalue weighted by Gasteiger charge is -2.25. The monoisotopic (exact) mass is 403 g/mol. The van der Waals surface area contributed by atoms with Crippen molar-refractivity contribution in [3.8, 4) is 0 Å². The van der Waals surface area contributed by atoms with Crippen LogP contribution in [-0.2, 0) is 4.79 Å². The molecule has 132 valence electrons. The van der Waals surface area contributed by atoms with Crippen molar-refractivity contribution in [2.75, 3.05) is 27.2 Å². The van der Waals surface area contributed by atoms with E-state index in [0.717, 1.165) is 10.0 Å². The van der Waals surface area contributed by atoms with Gasteiger partial charge >= 0.3 is 0 Å². The summed E-state index contributed by atoms with van der Waals surface area (Å²) in [5.41, 5.74) is 1.65. The third kappa shape index (κ3) is 5.99. The molecule has 2 aromatic rings. The van der Waals surface area contributed by atoms with Crippen molar-refractivity contribution in [1.82, 2.24) is 15.5 Å². The van der Waals surface area contributed by atoms with Gasteiger partial charge in [-0.1, -0.05) is 46.3 Å². The van der Waals surface area contributed by atoms with E-state index in [1.54, 1.807) is 24.3 Å². The smallest absolute Gasteiger partial charge is 0.251 e. The second kappa shape index (κ2) is 9.34.